The van der Waals surface area contributed by atoms with Gasteiger partial charge in [0, 0.05) is 20.0 Å². The van der Waals surface area contributed by atoms with Gasteiger partial charge in [-0.1, -0.05) is 0 Å². The molecule has 0 aromatic carbocycles. The van der Waals surface area contributed by atoms with E-state index in [0.717, 1.165) is 12.8 Å². The van der Waals surface area contributed by atoms with E-state index >= 15 is 0 Å². The van der Waals surface area contributed by atoms with Crippen LogP contribution in [0.15, 0.2) is 0 Å². The van der Waals surface area contributed by atoms with Crippen molar-refractivity contribution in [1.82, 2.24) is 4.90 Å². The first kappa shape index (κ1) is 9.19. The van der Waals surface area contributed by atoms with E-state index in [-0.39, 0.29) is 29.8 Å². The predicted octanol–water partition coefficient (Wildman–Crippen LogP) is 0.272. The Bertz CT molecular complexity index is 337. The van der Waals surface area contributed by atoms with Crippen LogP contribution in [0.5, 0.6) is 0 Å². The molecule has 0 N–H and O–H groups in total. The number of nitrogens with zero attached hydrogens (tertiary/aromatic N) is 1. The molecule has 3 aliphatic rings. The number of rotatable bonds is 1. The molecule has 1 heterocycles. The van der Waals surface area contributed by atoms with Gasteiger partial charge in [0.2, 0.25) is 5.91 Å². The van der Waals surface area contributed by atoms with Crippen LogP contribution in [0.25, 0.3) is 0 Å². The van der Waals surface area contributed by atoms with Gasteiger partial charge < -0.3 is 9.64 Å². The number of fused-ring (bicyclic) bond motifs is 1. The molecule has 0 unspecified atom stereocenters. The highest BCUT2D eigenvalue weighted by Crippen LogP contribution is 2.57. The van der Waals surface area contributed by atoms with E-state index in [9.17, 15) is 9.59 Å². The van der Waals surface area contributed by atoms with Gasteiger partial charge in [-0.15, -0.1) is 0 Å². The third-order valence-electron chi connectivity index (χ3n) is 4.21. The van der Waals surface area contributed by atoms with Gasteiger partial charge in [0.25, 0.3) is 0 Å². The van der Waals surface area contributed by atoms with Crippen LogP contribution in [0, 0.1) is 23.7 Å². The summed E-state index contributed by atoms with van der Waals surface area (Å²) in [6, 6.07) is 0. The summed E-state index contributed by atoms with van der Waals surface area (Å²) in [6.07, 6.45) is 2.03. The van der Waals surface area contributed by atoms with E-state index in [2.05, 4.69) is 0 Å². The molecule has 15 heavy (non-hydrogen) atoms. The van der Waals surface area contributed by atoms with Gasteiger partial charge in [-0.2, -0.15) is 0 Å². The van der Waals surface area contributed by atoms with Crippen molar-refractivity contribution in [2.24, 2.45) is 23.7 Å². The van der Waals surface area contributed by atoms with Gasteiger partial charge in [0.05, 0.1) is 11.8 Å². The molecule has 0 aromatic heterocycles. The predicted molar refractivity (Wildman–Crippen MR) is 51.8 cm³/mol. The van der Waals surface area contributed by atoms with Crippen molar-refractivity contribution in [2.75, 3.05) is 14.1 Å². The zero-order chi connectivity index (χ0) is 10.7. The normalized spacial score (nSPS) is 45.7. The first-order valence-corrected chi connectivity index (χ1v) is 5.51. The molecule has 3 rings (SSSR count). The molecule has 1 saturated heterocycles. The molecular formula is C11H15NO3. The first-order chi connectivity index (χ1) is 7.09. The number of ether oxygens (including phenoxy) is 1. The maximum absolute atomic E-state index is 12.0. The van der Waals surface area contributed by atoms with Gasteiger partial charge in [-0.3, -0.25) is 9.59 Å². The van der Waals surface area contributed by atoms with Crippen LogP contribution >= 0.6 is 0 Å². The molecular weight excluding hydrogens is 194 g/mol. The molecule has 2 saturated carbocycles. The fourth-order valence-electron chi connectivity index (χ4n) is 3.64. The maximum atomic E-state index is 12.0. The van der Waals surface area contributed by atoms with Crippen molar-refractivity contribution in [3.8, 4) is 0 Å². The van der Waals surface area contributed by atoms with Crippen molar-refractivity contribution in [3.63, 3.8) is 0 Å². The SMILES string of the molecule is CN(C)C(=O)[C@@H]1[C@@H]2C[C@@H]3[C@@H]1C(=O)O[C@@H]3C2. The zero-order valence-electron chi connectivity index (χ0n) is 8.97. The number of hydrogen-bond acceptors (Lipinski definition) is 3. The summed E-state index contributed by atoms with van der Waals surface area (Å²) in [5.74, 6) is 0.442. The van der Waals surface area contributed by atoms with Gasteiger partial charge in [-0.25, -0.2) is 0 Å². The average molecular weight is 209 g/mol. The van der Waals surface area contributed by atoms with E-state index in [1.807, 2.05) is 0 Å². The van der Waals surface area contributed by atoms with Gasteiger partial charge in [0.15, 0.2) is 0 Å². The van der Waals surface area contributed by atoms with Crippen molar-refractivity contribution in [1.29, 1.82) is 0 Å². The highest BCUT2D eigenvalue weighted by molar-refractivity contribution is 5.88. The molecule has 4 nitrogen and oxygen atoms in total. The Morgan fingerprint density at radius 2 is 2.13 bits per heavy atom. The molecule has 2 aliphatic carbocycles. The topological polar surface area (TPSA) is 46.6 Å². The smallest absolute Gasteiger partial charge is 0.310 e. The standard InChI is InChI=1S/C11H15NO3/c1-12(2)10(13)8-5-3-6-7(4-5)15-11(14)9(6)8/h5-9H,3-4H2,1-2H3/t5-,6+,7-,8-,9+/m1/s1. The maximum Gasteiger partial charge on any atom is 0.310 e. The van der Waals surface area contributed by atoms with Crippen LogP contribution in [-0.2, 0) is 14.3 Å². The minimum absolute atomic E-state index is 0.101. The lowest BCUT2D eigenvalue weighted by Crippen LogP contribution is -2.39. The number of hydrogen-bond donors (Lipinski definition) is 0. The molecule has 0 spiro atoms. The average Bonchev–Trinajstić information content (AvgIpc) is 2.75. The number of carbonyl (C=O) groups excluding carboxylic acids is 2. The molecule has 3 fully saturated rings. The largest absolute Gasteiger partial charge is 0.462 e. The quantitative estimate of drug-likeness (QED) is 0.582. The van der Waals surface area contributed by atoms with Crippen molar-refractivity contribution in [3.05, 3.63) is 0 Å². The summed E-state index contributed by atoms with van der Waals surface area (Å²) in [5, 5.41) is 0. The Balaban J connectivity index is 1.92. The van der Waals surface area contributed by atoms with E-state index in [1.165, 1.54) is 0 Å². The number of esters is 1. The molecule has 0 radical (unpaired) electrons. The summed E-state index contributed by atoms with van der Waals surface area (Å²) in [5.41, 5.74) is 0. The van der Waals surface area contributed by atoms with Crippen LogP contribution in [0.2, 0.25) is 0 Å². The monoisotopic (exact) mass is 209 g/mol. The molecule has 0 aromatic rings. The molecule has 5 atom stereocenters. The third-order valence-corrected chi connectivity index (χ3v) is 4.21. The summed E-state index contributed by atoms with van der Waals surface area (Å²) < 4.78 is 5.29. The minimum atomic E-state index is -0.136. The second-order valence-corrected chi connectivity index (χ2v) is 5.15. The van der Waals surface area contributed by atoms with Crippen molar-refractivity contribution in [2.45, 2.75) is 18.9 Å². The first-order valence-electron chi connectivity index (χ1n) is 5.51. The minimum Gasteiger partial charge on any atom is -0.462 e. The van der Waals surface area contributed by atoms with Crippen LogP contribution in [0.3, 0.4) is 0 Å². The highest BCUT2D eigenvalue weighted by Gasteiger charge is 2.64. The summed E-state index contributed by atoms with van der Waals surface area (Å²) in [6.45, 7) is 0. The fraction of sp³-hybridized carbons (Fsp3) is 0.818. The van der Waals surface area contributed by atoms with Gasteiger partial charge in [-0.05, 0) is 18.8 Å². The summed E-state index contributed by atoms with van der Waals surface area (Å²) in [7, 11) is 3.51. The lowest BCUT2D eigenvalue weighted by atomic mass is 9.79. The van der Waals surface area contributed by atoms with Crippen LogP contribution in [0.4, 0.5) is 0 Å². The van der Waals surface area contributed by atoms with Gasteiger partial charge >= 0.3 is 5.97 Å². The van der Waals surface area contributed by atoms with E-state index < -0.39 is 0 Å². The molecule has 1 amide bonds. The van der Waals surface area contributed by atoms with Gasteiger partial charge in [0.1, 0.15) is 6.10 Å². The van der Waals surface area contributed by atoms with Crippen molar-refractivity contribution < 1.29 is 14.3 Å². The van der Waals surface area contributed by atoms with Crippen LogP contribution < -0.4 is 0 Å². The molecule has 82 valence electrons. The Morgan fingerprint density at radius 3 is 2.80 bits per heavy atom. The number of amides is 1. The second kappa shape index (κ2) is 2.74. The summed E-state index contributed by atoms with van der Waals surface area (Å²) in [4.78, 5) is 25.2. The molecule has 4 heteroatoms. The van der Waals surface area contributed by atoms with Crippen molar-refractivity contribution >= 4 is 11.9 Å². The Labute approximate surface area is 88.6 Å². The van der Waals surface area contributed by atoms with Crippen LogP contribution in [-0.4, -0.2) is 37.0 Å². The highest BCUT2D eigenvalue weighted by atomic mass is 16.6. The zero-order valence-corrected chi connectivity index (χ0v) is 8.97. The Hall–Kier alpha value is -1.06. The Morgan fingerprint density at radius 1 is 1.40 bits per heavy atom. The Kier molecular flexibility index (Phi) is 1.68. The molecule has 1 aliphatic heterocycles. The fourth-order valence-corrected chi connectivity index (χ4v) is 3.64. The van der Waals surface area contributed by atoms with E-state index in [4.69, 9.17) is 4.74 Å². The lowest BCUT2D eigenvalue weighted by Gasteiger charge is -2.26. The molecule has 2 bridgehead atoms. The number of carbonyl (C=O) groups is 2. The van der Waals surface area contributed by atoms with E-state index in [1.54, 1.807) is 19.0 Å². The van der Waals surface area contributed by atoms with E-state index in [0.29, 0.717) is 11.8 Å². The second-order valence-electron chi connectivity index (χ2n) is 5.15. The van der Waals surface area contributed by atoms with Crippen LogP contribution in [0.1, 0.15) is 12.8 Å². The summed E-state index contributed by atoms with van der Waals surface area (Å²) >= 11 is 0. The third kappa shape index (κ3) is 1.02. The lowest BCUT2D eigenvalue weighted by molar-refractivity contribution is -0.147.